The van der Waals surface area contributed by atoms with Gasteiger partial charge in [0, 0.05) is 0 Å². The lowest BCUT2D eigenvalue weighted by molar-refractivity contribution is -0.00647. The molecular weight excluding hydrogens is 519 g/mol. The summed E-state index contributed by atoms with van der Waals surface area (Å²) in [4.78, 5) is 0. The van der Waals surface area contributed by atoms with E-state index in [9.17, 15) is 14.8 Å². The van der Waals surface area contributed by atoms with Crippen molar-refractivity contribution in [1.29, 1.82) is 0 Å². The van der Waals surface area contributed by atoms with Gasteiger partial charge in [-0.25, -0.2) is 0 Å². The van der Waals surface area contributed by atoms with Crippen molar-refractivity contribution in [1.82, 2.24) is 0 Å². The van der Waals surface area contributed by atoms with Crippen LogP contribution in [0.5, 0.6) is 0 Å². The third kappa shape index (κ3) is 6.48. The summed E-state index contributed by atoms with van der Waals surface area (Å²) >= 11 is 0. The van der Waals surface area contributed by atoms with Gasteiger partial charge in [-0.15, -0.1) is 0 Å². The van der Waals surface area contributed by atoms with Crippen LogP contribution in [0.25, 0.3) is 0 Å². The lowest BCUT2D eigenvalue weighted by atomic mass is 9.98. The molecule has 0 saturated carbocycles. The smallest absolute Gasteiger partial charge is 0.362 e. The van der Waals surface area contributed by atoms with Crippen molar-refractivity contribution < 1.29 is 23.8 Å². The highest BCUT2D eigenvalue weighted by atomic mass is 31.2. The zero-order valence-corrected chi connectivity index (χ0v) is 22.7. The molecule has 0 aliphatic rings. The van der Waals surface area contributed by atoms with E-state index >= 15 is 0 Å². The Morgan fingerprint density at radius 1 is 0.425 bits per heavy atom. The highest BCUT2D eigenvalue weighted by molar-refractivity contribution is 7.62. The third-order valence-corrected chi connectivity index (χ3v) is 8.63. The molecule has 2 N–H and O–H groups in total. The van der Waals surface area contributed by atoms with Gasteiger partial charge in [-0.05, 0) is 34.4 Å². The standard InChI is InChI=1S/C34H31O5P/c35-31(26-16-6-1-7-17-26)33(28-20-10-3-11-21-28)38-40(37,30-24-14-5-15-25-30)39-34(29-22-12-4-13-23-29)32(36)27-18-8-2-9-19-27/h1-25,31-36H. The highest BCUT2D eigenvalue weighted by Gasteiger charge is 2.40. The molecule has 0 radical (unpaired) electrons. The van der Waals surface area contributed by atoms with Crippen LogP contribution >= 0.6 is 7.60 Å². The number of rotatable bonds is 11. The number of hydrogen-bond acceptors (Lipinski definition) is 5. The maximum Gasteiger partial charge on any atom is 0.362 e. The second-order valence-corrected chi connectivity index (χ2v) is 11.4. The molecule has 0 fully saturated rings. The highest BCUT2D eigenvalue weighted by Crippen LogP contribution is 2.57. The molecule has 4 unspecified atom stereocenters. The Hall–Kier alpha value is -3.83. The van der Waals surface area contributed by atoms with E-state index in [1.54, 1.807) is 48.5 Å². The summed E-state index contributed by atoms with van der Waals surface area (Å²) in [7, 11) is -4.18. The fourth-order valence-electron chi connectivity index (χ4n) is 4.59. The first-order valence-corrected chi connectivity index (χ1v) is 14.7. The summed E-state index contributed by atoms with van der Waals surface area (Å²) in [5.41, 5.74) is 2.50. The van der Waals surface area contributed by atoms with Crippen LogP contribution < -0.4 is 5.30 Å². The molecule has 0 aliphatic carbocycles. The normalized spacial score (nSPS) is 15.8. The molecule has 5 nitrogen and oxygen atoms in total. The Morgan fingerprint density at radius 3 is 1.02 bits per heavy atom. The number of hydrogen-bond donors (Lipinski definition) is 2. The first-order valence-electron chi connectivity index (χ1n) is 13.1. The van der Waals surface area contributed by atoms with Gasteiger partial charge in [0.2, 0.25) is 0 Å². The molecule has 0 heterocycles. The second kappa shape index (κ2) is 13.0. The zero-order chi connectivity index (χ0) is 27.8. The topological polar surface area (TPSA) is 76.0 Å². The molecule has 0 spiro atoms. The molecule has 0 amide bonds. The predicted octanol–water partition coefficient (Wildman–Crippen LogP) is 7.49. The minimum Gasteiger partial charge on any atom is -0.385 e. The van der Waals surface area contributed by atoms with Crippen molar-refractivity contribution in [2.45, 2.75) is 24.4 Å². The molecule has 5 rings (SSSR count). The minimum atomic E-state index is -4.18. The first-order chi connectivity index (χ1) is 19.5. The molecule has 0 saturated heterocycles. The van der Waals surface area contributed by atoms with Crippen LogP contribution in [0, 0.1) is 0 Å². The molecule has 40 heavy (non-hydrogen) atoms. The third-order valence-electron chi connectivity index (χ3n) is 6.69. The van der Waals surface area contributed by atoms with Crippen LogP contribution in [-0.4, -0.2) is 10.2 Å². The first kappa shape index (κ1) is 27.7. The van der Waals surface area contributed by atoms with Crippen molar-refractivity contribution in [3.8, 4) is 0 Å². The van der Waals surface area contributed by atoms with Crippen molar-refractivity contribution in [3.05, 3.63) is 174 Å². The minimum absolute atomic E-state index is 0.317. The van der Waals surface area contributed by atoms with Gasteiger partial charge in [0.05, 0.1) is 5.30 Å². The van der Waals surface area contributed by atoms with Gasteiger partial charge in [0.1, 0.15) is 24.4 Å². The number of aliphatic hydroxyl groups is 2. The van der Waals surface area contributed by atoms with E-state index in [1.165, 1.54) is 0 Å². The lowest BCUT2D eigenvalue weighted by Crippen LogP contribution is -2.22. The maximum atomic E-state index is 15.0. The molecule has 6 heteroatoms. The molecule has 4 atom stereocenters. The van der Waals surface area contributed by atoms with E-state index in [1.807, 2.05) is 103 Å². The summed E-state index contributed by atoms with van der Waals surface area (Å²) in [5.74, 6) is 0. The lowest BCUT2D eigenvalue weighted by Gasteiger charge is -2.32. The molecule has 0 aromatic heterocycles. The van der Waals surface area contributed by atoms with Gasteiger partial charge < -0.3 is 10.2 Å². The summed E-state index contributed by atoms with van der Waals surface area (Å²) < 4.78 is 27.9. The Kier molecular flexibility index (Phi) is 9.02. The van der Waals surface area contributed by atoms with E-state index in [0.29, 0.717) is 27.6 Å². The van der Waals surface area contributed by atoms with Gasteiger partial charge in [0.25, 0.3) is 0 Å². The van der Waals surface area contributed by atoms with E-state index < -0.39 is 32.0 Å². The van der Waals surface area contributed by atoms with E-state index in [-0.39, 0.29) is 0 Å². The largest absolute Gasteiger partial charge is 0.385 e. The van der Waals surface area contributed by atoms with Gasteiger partial charge in [-0.2, -0.15) is 0 Å². The summed E-state index contributed by atoms with van der Waals surface area (Å²) in [6.45, 7) is 0. The molecule has 5 aromatic rings. The Bertz CT molecular complexity index is 1400. The van der Waals surface area contributed by atoms with Gasteiger partial charge in [-0.3, -0.25) is 13.6 Å². The summed E-state index contributed by atoms with van der Waals surface area (Å²) in [5, 5.41) is 23.4. The monoisotopic (exact) mass is 550 g/mol. The van der Waals surface area contributed by atoms with Crippen LogP contribution in [0.15, 0.2) is 152 Å². The zero-order valence-electron chi connectivity index (χ0n) is 21.8. The SMILES string of the molecule is O=P(OC(c1ccccc1)C(O)c1ccccc1)(OC(c1ccccc1)C(O)c1ccccc1)c1ccccc1. The van der Waals surface area contributed by atoms with Gasteiger partial charge in [0.15, 0.2) is 0 Å². The summed E-state index contributed by atoms with van der Waals surface area (Å²) in [6.07, 6.45) is -4.34. The number of benzene rings is 5. The molecule has 0 aliphatic heterocycles. The van der Waals surface area contributed by atoms with Crippen molar-refractivity contribution in [2.24, 2.45) is 0 Å². The number of aliphatic hydroxyl groups excluding tert-OH is 2. The van der Waals surface area contributed by atoms with Crippen LogP contribution in [-0.2, 0) is 13.6 Å². The van der Waals surface area contributed by atoms with Crippen LogP contribution in [0.1, 0.15) is 46.7 Å². The Morgan fingerprint density at radius 2 is 0.700 bits per heavy atom. The Balaban J connectivity index is 1.60. The van der Waals surface area contributed by atoms with Crippen LogP contribution in [0.4, 0.5) is 0 Å². The average Bonchev–Trinajstić information content (AvgIpc) is 3.04. The van der Waals surface area contributed by atoms with Gasteiger partial charge >= 0.3 is 7.60 Å². The molecule has 5 aromatic carbocycles. The van der Waals surface area contributed by atoms with Crippen molar-refractivity contribution >= 4 is 12.9 Å². The van der Waals surface area contributed by atoms with Crippen molar-refractivity contribution in [2.75, 3.05) is 0 Å². The second-order valence-electron chi connectivity index (χ2n) is 9.42. The van der Waals surface area contributed by atoms with E-state index in [2.05, 4.69) is 0 Å². The molecular formula is C34H31O5P. The fourth-order valence-corrected chi connectivity index (χ4v) is 6.50. The average molecular weight is 551 g/mol. The van der Waals surface area contributed by atoms with Crippen LogP contribution in [0.3, 0.4) is 0 Å². The quantitative estimate of drug-likeness (QED) is 0.167. The van der Waals surface area contributed by atoms with Crippen molar-refractivity contribution in [3.63, 3.8) is 0 Å². The van der Waals surface area contributed by atoms with E-state index in [4.69, 9.17) is 9.05 Å². The molecule has 202 valence electrons. The Labute approximate surface area is 234 Å². The fraction of sp³-hybridized carbons (Fsp3) is 0.118. The predicted molar refractivity (Wildman–Crippen MR) is 157 cm³/mol. The molecule has 0 bridgehead atoms. The van der Waals surface area contributed by atoms with E-state index in [0.717, 1.165) is 0 Å². The van der Waals surface area contributed by atoms with Gasteiger partial charge in [-0.1, -0.05) is 140 Å². The van der Waals surface area contributed by atoms with Crippen LogP contribution in [0.2, 0.25) is 0 Å². The maximum absolute atomic E-state index is 15.0. The summed E-state index contributed by atoms with van der Waals surface area (Å²) in [6, 6.07) is 45.3.